The highest BCUT2D eigenvalue weighted by molar-refractivity contribution is 9.10. The van der Waals surface area contributed by atoms with Gasteiger partial charge in [0.15, 0.2) is 0 Å². The van der Waals surface area contributed by atoms with Crippen LogP contribution in [0.2, 0.25) is 0 Å². The van der Waals surface area contributed by atoms with Gasteiger partial charge in [0.1, 0.15) is 11.6 Å². The van der Waals surface area contributed by atoms with Gasteiger partial charge in [-0.25, -0.2) is 8.78 Å². The van der Waals surface area contributed by atoms with Crippen LogP contribution in [0.25, 0.3) is 0 Å². The SMILES string of the molecule is Cc1cc(C2(C(F)(F)F)CC(c3ccc(F)cc3)=NO2)cc(C)c1NC(=O)c1ccc(F)c(NC(=O)c2ccccc2Br)c1. The summed E-state index contributed by atoms with van der Waals surface area (Å²) in [5, 5.41) is 8.83. The van der Waals surface area contributed by atoms with Crippen molar-refractivity contribution in [3.63, 3.8) is 0 Å². The molecule has 4 aromatic rings. The number of carbonyl (C=O) groups is 2. The lowest BCUT2D eigenvalue weighted by Crippen LogP contribution is -2.42. The number of benzene rings is 4. The minimum atomic E-state index is -4.87. The van der Waals surface area contributed by atoms with Crippen LogP contribution in [-0.4, -0.2) is 23.7 Å². The summed E-state index contributed by atoms with van der Waals surface area (Å²) in [5.74, 6) is -2.59. The van der Waals surface area contributed by atoms with Gasteiger partial charge in [-0.05, 0) is 101 Å². The van der Waals surface area contributed by atoms with Crippen molar-refractivity contribution in [3.05, 3.63) is 128 Å². The number of nitrogens with one attached hydrogen (secondary N) is 2. The van der Waals surface area contributed by atoms with Crippen LogP contribution in [0.5, 0.6) is 0 Å². The number of rotatable bonds is 6. The Hall–Kier alpha value is -4.58. The molecule has 6 nitrogen and oxygen atoms in total. The monoisotopic (exact) mass is 671 g/mol. The maximum Gasteiger partial charge on any atom is 0.435 e. The predicted octanol–water partition coefficient (Wildman–Crippen LogP) is 8.43. The lowest BCUT2D eigenvalue weighted by Gasteiger charge is -2.30. The van der Waals surface area contributed by atoms with Crippen LogP contribution in [0.4, 0.5) is 33.3 Å². The molecule has 5 rings (SSSR count). The van der Waals surface area contributed by atoms with Crippen molar-refractivity contribution >= 4 is 44.8 Å². The number of carbonyl (C=O) groups excluding carboxylic acids is 2. The van der Waals surface area contributed by atoms with Crippen molar-refractivity contribution in [1.82, 2.24) is 0 Å². The van der Waals surface area contributed by atoms with Crippen LogP contribution in [0, 0.1) is 25.5 Å². The number of amides is 2. The van der Waals surface area contributed by atoms with E-state index in [9.17, 15) is 31.5 Å². The van der Waals surface area contributed by atoms with E-state index in [4.69, 9.17) is 4.84 Å². The summed E-state index contributed by atoms with van der Waals surface area (Å²) in [6.07, 6.45) is -5.51. The minimum Gasteiger partial charge on any atom is -0.374 e. The molecule has 12 heteroatoms. The highest BCUT2D eigenvalue weighted by Gasteiger charge is 2.62. The van der Waals surface area contributed by atoms with Gasteiger partial charge in [0.2, 0.25) is 0 Å². The molecule has 0 aromatic heterocycles. The van der Waals surface area contributed by atoms with Crippen molar-refractivity contribution in [2.45, 2.75) is 32.0 Å². The van der Waals surface area contributed by atoms with Crippen LogP contribution in [0.3, 0.4) is 0 Å². The molecule has 0 bridgehead atoms. The Morgan fingerprint density at radius 2 is 1.55 bits per heavy atom. The maximum atomic E-state index is 14.6. The molecule has 1 atom stereocenters. The van der Waals surface area contributed by atoms with Crippen molar-refractivity contribution in [1.29, 1.82) is 0 Å². The summed E-state index contributed by atoms with van der Waals surface area (Å²) in [7, 11) is 0. The number of aryl methyl sites for hydroxylation is 2. The van der Waals surface area contributed by atoms with E-state index in [1.165, 1.54) is 44.2 Å². The molecule has 0 saturated carbocycles. The number of anilines is 2. The molecule has 2 N–H and O–H groups in total. The zero-order valence-corrected chi connectivity index (χ0v) is 24.7. The second-order valence-electron chi connectivity index (χ2n) is 10.2. The summed E-state index contributed by atoms with van der Waals surface area (Å²) in [6, 6.07) is 17.4. The van der Waals surface area contributed by atoms with E-state index < -0.39 is 41.6 Å². The molecule has 226 valence electrons. The molecule has 0 spiro atoms. The van der Waals surface area contributed by atoms with Gasteiger partial charge in [0.25, 0.3) is 17.4 Å². The number of nitrogens with zero attached hydrogens (tertiary/aromatic N) is 1. The van der Waals surface area contributed by atoms with Crippen molar-refractivity contribution < 1.29 is 36.4 Å². The summed E-state index contributed by atoms with van der Waals surface area (Å²) in [4.78, 5) is 30.9. The number of halogens is 6. The molecule has 1 aliphatic heterocycles. The third-order valence-electron chi connectivity index (χ3n) is 7.20. The van der Waals surface area contributed by atoms with E-state index in [0.29, 0.717) is 21.2 Å². The molecular weight excluding hydrogens is 649 g/mol. The molecule has 0 fully saturated rings. The molecular formula is C32H23BrF5N3O3. The summed E-state index contributed by atoms with van der Waals surface area (Å²) >= 11 is 3.27. The Morgan fingerprint density at radius 1 is 0.886 bits per heavy atom. The van der Waals surface area contributed by atoms with Gasteiger partial charge >= 0.3 is 6.18 Å². The van der Waals surface area contributed by atoms with Gasteiger partial charge < -0.3 is 15.5 Å². The van der Waals surface area contributed by atoms with Gasteiger partial charge in [-0.2, -0.15) is 13.2 Å². The van der Waals surface area contributed by atoms with Gasteiger partial charge in [0, 0.05) is 27.7 Å². The zero-order valence-electron chi connectivity index (χ0n) is 23.2. The van der Waals surface area contributed by atoms with Crippen LogP contribution in [-0.2, 0) is 10.4 Å². The normalized spacial score (nSPS) is 16.2. The van der Waals surface area contributed by atoms with E-state index in [1.807, 2.05) is 0 Å². The Morgan fingerprint density at radius 3 is 2.18 bits per heavy atom. The number of alkyl halides is 3. The minimum absolute atomic E-state index is 0.0000633. The van der Waals surface area contributed by atoms with Gasteiger partial charge in [-0.1, -0.05) is 29.4 Å². The third kappa shape index (κ3) is 5.94. The van der Waals surface area contributed by atoms with Crippen LogP contribution in [0.15, 0.2) is 88.5 Å². The van der Waals surface area contributed by atoms with E-state index in [1.54, 1.807) is 24.3 Å². The van der Waals surface area contributed by atoms with Crippen molar-refractivity contribution in [2.75, 3.05) is 10.6 Å². The largest absolute Gasteiger partial charge is 0.435 e. The number of hydrogen-bond acceptors (Lipinski definition) is 4. The predicted molar refractivity (Wildman–Crippen MR) is 159 cm³/mol. The molecule has 1 heterocycles. The number of hydrogen-bond donors (Lipinski definition) is 2. The van der Waals surface area contributed by atoms with Crippen molar-refractivity contribution in [2.24, 2.45) is 5.16 Å². The topological polar surface area (TPSA) is 79.8 Å². The molecule has 0 radical (unpaired) electrons. The second kappa shape index (κ2) is 11.8. The van der Waals surface area contributed by atoms with E-state index in [2.05, 4.69) is 31.7 Å². The third-order valence-corrected chi connectivity index (χ3v) is 7.89. The highest BCUT2D eigenvalue weighted by atomic mass is 79.9. The first-order valence-electron chi connectivity index (χ1n) is 13.2. The first kappa shape index (κ1) is 30.9. The standard InChI is InChI=1S/C32H23BrF5N3O3/c1-17-13-21(31(32(36,37)38)16-27(41-44-31)19-7-10-22(34)11-8-19)14-18(2)28(17)40-29(42)20-9-12-25(35)26(15-20)39-30(43)23-5-3-4-6-24(23)33/h3-15H,16H2,1-2H3,(H,39,43)(H,40,42). The Balaban J connectivity index is 1.39. The molecule has 44 heavy (non-hydrogen) atoms. The lowest BCUT2D eigenvalue weighted by molar-refractivity contribution is -0.275. The van der Waals surface area contributed by atoms with Gasteiger partial charge in [-0.3, -0.25) is 9.59 Å². The molecule has 0 saturated heterocycles. The smallest absolute Gasteiger partial charge is 0.374 e. The summed E-state index contributed by atoms with van der Waals surface area (Å²) in [5.41, 5.74) is -1.84. The van der Waals surface area contributed by atoms with E-state index in [-0.39, 0.29) is 33.8 Å². The Bertz CT molecular complexity index is 1790. The van der Waals surface area contributed by atoms with Crippen LogP contribution < -0.4 is 10.6 Å². The maximum absolute atomic E-state index is 14.6. The average molecular weight is 672 g/mol. The molecule has 4 aromatic carbocycles. The molecule has 2 amide bonds. The Labute approximate surface area is 257 Å². The Kier molecular flexibility index (Phi) is 8.30. The summed E-state index contributed by atoms with van der Waals surface area (Å²) < 4.78 is 72.1. The molecule has 0 aliphatic carbocycles. The first-order valence-corrected chi connectivity index (χ1v) is 13.9. The summed E-state index contributed by atoms with van der Waals surface area (Å²) in [6.45, 7) is 3.06. The van der Waals surface area contributed by atoms with Crippen LogP contribution >= 0.6 is 15.9 Å². The fourth-order valence-electron chi connectivity index (χ4n) is 4.88. The lowest BCUT2D eigenvalue weighted by atomic mass is 9.84. The average Bonchev–Trinajstić information content (AvgIpc) is 3.44. The van der Waals surface area contributed by atoms with E-state index in [0.717, 1.165) is 24.3 Å². The van der Waals surface area contributed by atoms with E-state index >= 15 is 0 Å². The molecule has 1 aliphatic rings. The van der Waals surface area contributed by atoms with Gasteiger partial charge in [-0.15, -0.1) is 0 Å². The zero-order chi connectivity index (χ0) is 31.8. The fraction of sp³-hybridized carbons (Fsp3) is 0.156. The second-order valence-corrected chi connectivity index (χ2v) is 11.1. The fourth-order valence-corrected chi connectivity index (χ4v) is 5.34. The van der Waals surface area contributed by atoms with Gasteiger partial charge in [0.05, 0.1) is 17.0 Å². The number of oxime groups is 1. The first-order chi connectivity index (χ1) is 20.8. The highest BCUT2D eigenvalue weighted by Crippen LogP contribution is 2.49. The quantitative estimate of drug-likeness (QED) is 0.202. The van der Waals surface area contributed by atoms with Crippen LogP contribution in [0.1, 0.15) is 49.4 Å². The van der Waals surface area contributed by atoms with Crippen molar-refractivity contribution in [3.8, 4) is 0 Å². The molecule has 1 unspecified atom stereocenters.